The van der Waals surface area contributed by atoms with Crippen LogP contribution < -0.4 is 21.7 Å². The number of rotatable bonds is 11. The van der Waals surface area contributed by atoms with Crippen molar-refractivity contribution in [3.05, 3.63) is 192 Å². The molecule has 0 fully saturated rings. The number of carboxylic acids is 1. The molecule has 0 radical (unpaired) electrons. The van der Waals surface area contributed by atoms with Crippen molar-refractivity contribution in [1.29, 1.82) is 0 Å². The first kappa shape index (κ1) is 42.6. The van der Waals surface area contributed by atoms with Gasteiger partial charge in [-0.2, -0.15) is 0 Å². The Labute approximate surface area is 327 Å². The van der Waals surface area contributed by atoms with E-state index in [9.17, 15) is 27.2 Å². The molecule has 0 saturated carbocycles. The monoisotopic (exact) mass is 776 g/mol. The van der Waals surface area contributed by atoms with Crippen LogP contribution in [0.25, 0.3) is 12.2 Å². The third-order valence-electron chi connectivity index (χ3n) is 7.83. The quantitative estimate of drug-likeness (QED) is 0.0647. The van der Waals surface area contributed by atoms with Crippen LogP contribution in [0.1, 0.15) is 48.2 Å². The first-order valence-electron chi connectivity index (χ1n) is 17.5. The maximum Gasteiger partial charge on any atom is 0.328 e. The smallest absolute Gasteiger partial charge is 0.328 e. The lowest BCUT2D eigenvalue weighted by atomic mass is 10.1. The number of nitrogens with one attached hydrogen (secondary N) is 3. The Morgan fingerprint density at radius 3 is 1.54 bits per heavy atom. The number of carbonyl (C=O) groups excluding carboxylic acids is 1. The standard InChI is InChI=1S/C22H19F2N3O.C13H15N3.C9H6F2O2/c1-15(26-22(28)8-5-17-13-18(23)6-7-21(17)24)16-3-2-4-20(14-16)27-19-9-11-25-12-10-19;1-10(14)11-3-2-4-13(9-11)16-12-5-7-15-8-6-12;10-7-2-3-8(11)6(5-7)1-4-9(12)13/h2-15H,1H3,(H,25,27)(H,26,28);2-10H,14H2,1H3,(H,15,16);1-5H,(H,12,13)/b8-5+;;4-1+/t15-;10-;/m00./s1. The zero-order valence-electron chi connectivity index (χ0n) is 30.9. The minimum atomic E-state index is -1.20. The van der Waals surface area contributed by atoms with Gasteiger partial charge in [-0.1, -0.05) is 24.3 Å². The van der Waals surface area contributed by atoms with Crippen molar-refractivity contribution in [2.75, 3.05) is 10.6 Å². The van der Waals surface area contributed by atoms with E-state index in [4.69, 9.17) is 10.8 Å². The lowest BCUT2D eigenvalue weighted by Gasteiger charge is -2.15. The predicted molar refractivity (Wildman–Crippen MR) is 216 cm³/mol. The first-order valence-corrected chi connectivity index (χ1v) is 17.5. The number of amides is 1. The van der Waals surface area contributed by atoms with Gasteiger partial charge in [-0.3, -0.25) is 14.8 Å². The number of aromatic nitrogens is 2. The van der Waals surface area contributed by atoms with Gasteiger partial charge in [0, 0.05) is 76.9 Å². The molecule has 0 saturated heterocycles. The van der Waals surface area contributed by atoms with E-state index in [0.29, 0.717) is 0 Å². The summed E-state index contributed by atoms with van der Waals surface area (Å²) in [5, 5.41) is 17.6. The van der Waals surface area contributed by atoms with E-state index in [1.54, 1.807) is 24.8 Å². The van der Waals surface area contributed by atoms with Gasteiger partial charge in [0.1, 0.15) is 23.3 Å². The molecule has 57 heavy (non-hydrogen) atoms. The second-order valence-electron chi connectivity index (χ2n) is 12.3. The first-order chi connectivity index (χ1) is 27.4. The van der Waals surface area contributed by atoms with Crippen LogP contribution in [0.5, 0.6) is 0 Å². The molecule has 6 aromatic rings. The molecule has 0 aliphatic carbocycles. The van der Waals surface area contributed by atoms with Gasteiger partial charge >= 0.3 is 5.97 Å². The van der Waals surface area contributed by atoms with E-state index in [-0.39, 0.29) is 23.2 Å². The zero-order valence-corrected chi connectivity index (χ0v) is 30.9. The number of nitrogens with two attached hydrogens (primary N) is 1. The number of hydrogen-bond donors (Lipinski definition) is 5. The van der Waals surface area contributed by atoms with Crippen LogP contribution in [0.2, 0.25) is 0 Å². The van der Waals surface area contributed by atoms with Gasteiger partial charge in [0.05, 0.1) is 6.04 Å². The molecule has 2 aromatic heterocycles. The molecule has 292 valence electrons. The van der Waals surface area contributed by atoms with E-state index in [2.05, 4.69) is 32.0 Å². The third kappa shape index (κ3) is 14.9. The van der Waals surface area contributed by atoms with Gasteiger partial charge in [-0.05, 0) is 122 Å². The summed E-state index contributed by atoms with van der Waals surface area (Å²) in [4.78, 5) is 30.2. The fourth-order valence-corrected chi connectivity index (χ4v) is 4.95. The van der Waals surface area contributed by atoms with Gasteiger partial charge in [-0.25, -0.2) is 22.4 Å². The van der Waals surface area contributed by atoms with E-state index in [1.807, 2.05) is 80.6 Å². The fourth-order valence-electron chi connectivity index (χ4n) is 4.95. The average molecular weight is 777 g/mol. The van der Waals surface area contributed by atoms with Crippen LogP contribution >= 0.6 is 0 Å². The summed E-state index contributed by atoms with van der Waals surface area (Å²) in [6, 6.07) is 29.0. The Morgan fingerprint density at radius 1 is 0.614 bits per heavy atom. The summed E-state index contributed by atoms with van der Waals surface area (Å²) >= 11 is 0. The molecule has 0 bridgehead atoms. The van der Waals surface area contributed by atoms with Crippen LogP contribution in [-0.4, -0.2) is 27.0 Å². The molecule has 2 heterocycles. The van der Waals surface area contributed by atoms with Crippen molar-refractivity contribution < 1.29 is 32.3 Å². The molecule has 0 aliphatic heterocycles. The Bertz CT molecular complexity index is 2290. The lowest BCUT2D eigenvalue weighted by Crippen LogP contribution is -2.24. The highest BCUT2D eigenvalue weighted by molar-refractivity contribution is 5.92. The van der Waals surface area contributed by atoms with Crippen molar-refractivity contribution in [2.24, 2.45) is 5.73 Å². The molecule has 0 unspecified atom stereocenters. The van der Waals surface area contributed by atoms with E-state index in [0.717, 1.165) is 82.4 Å². The number of carboxylic acid groups (broad SMARTS) is 1. The summed E-state index contributed by atoms with van der Waals surface area (Å²) in [7, 11) is 0. The maximum atomic E-state index is 13.6. The number of aliphatic carboxylic acids is 1. The maximum absolute atomic E-state index is 13.6. The fraction of sp³-hybridized carbons (Fsp3) is 0.0909. The number of anilines is 4. The molecule has 1 amide bonds. The van der Waals surface area contributed by atoms with Gasteiger partial charge in [0.2, 0.25) is 5.91 Å². The van der Waals surface area contributed by atoms with Crippen molar-refractivity contribution in [3.63, 3.8) is 0 Å². The molecule has 9 nitrogen and oxygen atoms in total. The van der Waals surface area contributed by atoms with Crippen molar-refractivity contribution >= 4 is 46.8 Å². The number of hydrogen-bond acceptors (Lipinski definition) is 7. The molecule has 6 rings (SSSR count). The minimum Gasteiger partial charge on any atom is -0.478 e. The molecule has 2 atom stereocenters. The second kappa shape index (κ2) is 21.7. The van der Waals surface area contributed by atoms with Crippen molar-refractivity contribution in [3.8, 4) is 0 Å². The largest absolute Gasteiger partial charge is 0.478 e. The molecular weight excluding hydrogens is 737 g/mol. The van der Waals surface area contributed by atoms with Gasteiger partial charge in [0.25, 0.3) is 0 Å². The Balaban J connectivity index is 0.000000209. The number of carbonyl (C=O) groups is 2. The van der Waals surface area contributed by atoms with Crippen LogP contribution in [0, 0.1) is 23.3 Å². The van der Waals surface area contributed by atoms with Gasteiger partial charge in [0.15, 0.2) is 0 Å². The van der Waals surface area contributed by atoms with Crippen LogP contribution in [0.15, 0.2) is 146 Å². The summed E-state index contributed by atoms with van der Waals surface area (Å²) in [6.07, 6.45) is 11.1. The lowest BCUT2D eigenvalue weighted by molar-refractivity contribution is -0.131. The van der Waals surface area contributed by atoms with Gasteiger partial charge < -0.3 is 26.8 Å². The Morgan fingerprint density at radius 2 is 1.07 bits per heavy atom. The normalized spacial score (nSPS) is 11.7. The third-order valence-corrected chi connectivity index (χ3v) is 7.83. The topological polar surface area (TPSA) is 142 Å². The van der Waals surface area contributed by atoms with Crippen molar-refractivity contribution in [2.45, 2.75) is 25.9 Å². The second-order valence-corrected chi connectivity index (χ2v) is 12.3. The number of halogens is 4. The summed E-state index contributed by atoms with van der Waals surface area (Å²) in [5.74, 6) is -4.01. The average Bonchev–Trinajstić information content (AvgIpc) is 3.20. The summed E-state index contributed by atoms with van der Waals surface area (Å²) in [6.45, 7) is 3.83. The van der Waals surface area contributed by atoms with E-state index >= 15 is 0 Å². The predicted octanol–water partition coefficient (Wildman–Crippen LogP) is 9.90. The van der Waals surface area contributed by atoms with Gasteiger partial charge in [-0.15, -0.1) is 0 Å². The molecule has 13 heteroatoms. The summed E-state index contributed by atoms with van der Waals surface area (Å²) in [5.41, 5.74) is 11.7. The highest BCUT2D eigenvalue weighted by Crippen LogP contribution is 2.22. The molecule has 6 N–H and O–H groups in total. The highest BCUT2D eigenvalue weighted by atomic mass is 19.1. The Kier molecular flexibility index (Phi) is 16.2. The van der Waals surface area contributed by atoms with Crippen LogP contribution in [-0.2, 0) is 9.59 Å². The molecule has 0 aliphatic rings. The number of pyridine rings is 2. The molecule has 4 aromatic carbocycles. The minimum absolute atomic E-state index is 0.0198. The van der Waals surface area contributed by atoms with Crippen LogP contribution in [0.3, 0.4) is 0 Å². The summed E-state index contributed by atoms with van der Waals surface area (Å²) < 4.78 is 52.1. The van der Waals surface area contributed by atoms with E-state index in [1.165, 1.54) is 12.2 Å². The SMILES string of the molecule is C[C@H](N)c1cccc(Nc2ccncc2)c1.C[C@H](NC(=O)/C=C/c1cc(F)ccc1F)c1cccc(Nc2ccncc2)c1.O=C(O)/C=C/c1cc(F)ccc1F. The highest BCUT2D eigenvalue weighted by Gasteiger charge is 2.09. The Hall–Kier alpha value is -7.12. The molecule has 0 spiro atoms. The number of nitrogens with zero attached hydrogens (tertiary/aromatic N) is 2. The number of benzene rings is 4. The van der Waals surface area contributed by atoms with E-state index < -0.39 is 35.1 Å². The van der Waals surface area contributed by atoms with Crippen molar-refractivity contribution in [1.82, 2.24) is 15.3 Å². The zero-order chi connectivity index (χ0) is 41.2. The van der Waals surface area contributed by atoms with Crippen LogP contribution in [0.4, 0.5) is 40.3 Å². The molecular formula is C44H40F4N6O3.